The average molecular weight is 291 g/mol. The van der Waals surface area contributed by atoms with E-state index in [-0.39, 0.29) is 0 Å². The van der Waals surface area contributed by atoms with E-state index in [0.29, 0.717) is 0 Å². The molecule has 78 valence electrons. The summed E-state index contributed by atoms with van der Waals surface area (Å²) in [7, 11) is 0. The Hall–Kier alpha value is -1.26. The minimum absolute atomic E-state index is 1.01. The smallest absolute Gasteiger partial charge is 0.124 e. The van der Waals surface area contributed by atoms with Gasteiger partial charge < -0.3 is 0 Å². The lowest BCUT2D eigenvalue weighted by Gasteiger charge is -1.95. The number of hydrogen-bond donors (Lipinski definition) is 0. The van der Waals surface area contributed by atoms with E-state index in [1.165, 1.54) is 0 Å². The van der Waals surface area contributed by atoms with Gasteiger partial charge >= 0.3 is 0 Å². The minimum atomic E-state index is 1.01. The number of hydrogen-bond acceptors (Lipinski definition) is 3. The van der Waals surface area contributed by atoms with Gasteiger partial charge in [-0.15, -0.1) is 11.3 Å². The molecule has 0 aliphatic heterocycles. The molecule has 0 spiro atoms. The highest BCUT2D eigenvalue weighted by Crippen LogP contribution is 2.30. The highest BCUT2D eigenvalue weighted by molar-refractivity contribution is 9.10. The normalized spacial score (nSPS) is 10.8. The van der Waals surface area contributed by atoms with Crippen LogP contribution in [-0.2, 0) is 0 Å². The summed E-state index contributed by atoms with van der Waals surface area (Å²) in [6.45, 7) is 0. The Balaban J connectivity index is 2.19. The van der Waals surface area contributed by atoms with Crippen LogP contribution in [-0.4, -0.2) is 9.97 Å². The fraction of sp³-hybridized carbons (Fsp3) is 0. The maximum absolute atomic E-state index is 4.58. The van der Waals surface area contributed by atoms with Gasteiger partial charge in [-0.3, -0.25) is 4.98 Å². The van der Waals surface area contributed by atoms with E-state index in [1.807, 2.05) is 24.4 Å². The lowest BCUT2D eigenvalue weighted by Crippen LogP contribution is -1.75. The fourth-order valence-electron chi connectivity index (χ4n) is 1.52. The molecule has 2 aromatic heterocycles. The van der Waals surface area contributed by atoms with Crippen molar-refractivity contribution in [2.45, 2.75) is 0 Å². The van der Waals surface area contributed by atoms with Crippen LogP contribution in [0.2, 0.25) is 0 Å². The Kier molecular flexibility index (Phi) is 2.46. The lowest BCUT2D eigenvalue weighted by molar-refractivity contribution is 1.36. The maximum atomic E-state index is 4.58. The van der Waals surface area contributed by atoms with Crippen molar-refractivity contribution < 1.29 is 0 Å². The summed E-state index contributed by atoms with van der Waals surface area (Å²) in [4.78, 5) is 8.68. The highest BCUT2D eigenvalue weighted by atomic mass is 79.9. The summed E-state index contributed by atoms with van der Waals surface area (Å²) in [5, 5.41) is 1.03. The largest absolute Gasteiger partial charge is 0.263 e. The van der Waals surface area contributed by atoms with Crippen molar-refractivity contribution in [3.63, 3.8) is 0 Å². The molecule has 0 saturated carbocycles. The SMILES string of the molecule is Brc1cccc(-c2nc3ccncc3s2)c1. The molecule has 2 heterocycles. The van der Waals surface area contributed by atoms with E-state index in [2.05, 4.69) is 38.0 Å². The molecule has 0 saturated heterocycles. The summed E-state index contributed by atoms with van der Waals surface area (Å²) in [5.74, 6) is 0. The van der Waals surface area contributed by atoms with Crippen molar-refractivity contribution >= 4 is 37.5 Å². The molecule has 4 heteroatoms. The molecule has 0 aliphatic rings. The zero-order chi connectivity index (χ0) is 11.0. The number of aromatic nitrogens is 2. The molecule has 2 nitrogen and oxygen atoms in total. The number of pyridine rings is 1. The van der Waals surface area contributed by atoms with Gasteiger partial charge in [0.25, 0.3) is 0 Å². The predicted octanol–water partition coefficient (Wildman–Crippen LogP) is 4.12. The molecule has 0 aliphatic carbocycles. The number of rotatable bonds is 1. The van der Waals surface area contributed by atoms with Gasteiger partial charge in [-0.05, 0) is 18.2 Å². The number of thiazole rings is 1. The molecule has 0 N–H and O–H groups in total. The zero-order valence-electron chi connectivity index (χ0n) is 8.22. The molecule has 0 amide bonds. The van der Waals surface area contributed by atoms with Crippen LogP contribution in [0.25, 0.3) is 20.8 Å². The van der Waals surface area contributed by atoms with Crippen LogP contribution in [0.1, 0.15) is 0 Å². The van der Waals surface area contributed by atoms with Gasteiger partial charge in [-0.25, -0.2) is 4.98 Å². The van der Waals surface area contributed by atoms with Gasteiger partial charge in [0.15, 0.2) is 0 Å². The second-order valence-electron chi connectivity index (χ2n) is 3.37. The van der Waals surface area contributed by atoms with Gasteiger partial charge in [0.1, 0.15) is 5.01 Å². The Labute approximate surface area is 105 Å². The Bertz CT molecular complexity index is 615. The summed E-state index contributed by atoms with van der Waals surface area (Å²) >= 11 is 5.13. The van der Waals surface area contributed by atoms with Crippen LogP contribution in [0.5, 0.6) is 0 Å². The first-order chi connectivity index (χ1) is 7.83. The van der Waals surface area contributed by atoms with Crippen LogP contribution >= 0.6 is 27.3 Å². The quantitative estimate of drug-likeness (QED) is 0.674. The van der Waals surface area contributed by atoms with Crippen molar-refractivity contribution in [2.75, 3.05) is 0 Å². The number of benzene rings is 1. The van der Waals surface area contributed by atoms with E-state index in [0.717, 1.165) is 25.3 Å². The van der Waals surface area contributed by atoms with Crippen LogP contribution in [0.15, 0.2) is 47.2 Å². The molecule has 0 atom stereocenters. The van der Waals surface area contributed by atoms with E-state index in [4.69, 9.17) is 0 Å². The molecule has 16 heavy (non-hydrogen) atoms. The second kappa shape index (κ2) is 3.96. The van der Waals surface area contributed by atoms with Gasteiger partial charge in [0, 0.05) is 22.4 Å². The second-order valence-corrected chi connectivity index (χ2v) is 5.32. The summed E-state index contributed by atoms with van der Waals surface area (Å²) in [6.07, 6.45) is 3.63. The van der Waals surface area contributed by atoms with Crippen molar-refractivity contribution in [2.24, 2.45) is 0 Å². The van der Waals surface area contributed by atoms with Crippen molar-refractivity contribution in [1.29, 1.82) is 0 Å². The van der Waals surface area contributed by atoms with Gasteiger partial charge in [0.05, 0.1) is 10.2 Å². The van der Waals surface area contributed by atoms with Gasteiger partial charge in [-0.2, -0.15) is 0 Å². The third-order valence-electron chi connectivity index (χ3n) is 2.26. The Morgan fingerprint density at radius 2 is 2.12 bits per heavy atom. The zero-order valence-corrected chi connectivity index (χ0v) is 10.6. The summed E-state index contributed by atoms with van der Waals surface area (Å²) in [6, 6.07) is 10.1. The van der Waals surface area contributed by atoms with Crippen LogP contribution in [0.3, 0.4) is 0 Å². The molecule has 3 rings (SSSR count). The monoisotopic (exact) mass is 290 g/mol. The molecular weight excluding hydrogens is 284 g/mol. The fourth-order valence-corrected chi connectivity index (χ4v) is 2.85. The third-order valence-corrected chi connectivity index (χ3v) is 3.81. The van der Waals surface area contributed by atoms with E-state index in [9.17, 15) is 0 Å². The van der Waals surface area contributed by atoms with Crippen molar-refractivity contribution in [3.05, 3.63) is 47.2 Å². The van der Waals surface area contributed by atoms with Crippen molar-refractivity contribution in [1.82, 2.24) is 9.97 Å². The number of nitrogens with zero attached hydrogens (tertiary/aromatic N) is 2. The Morgan fingerprint density at radius 1 is 1.19 bits per heavy atom. The number of halogens is 1. The van der Waals surface area contributed by atoms with Gasteiger partial charge in [-0.1, -0.05) is 28.1 Å². The lowest BCUT2D eigenvalue weighted by atomic mass is 10.2. The molecule has 0 unspecified atom stereocenters. The first-order valence-corrected chi connectivity index (χ1v) is 6.40. The highest BCUT2D eigenvalue weighted by Gasteiger charge is 2.05. The molecule has 1 aromatic carbocycles. The molecule has 0 fully saturated rings. The van der Waals surface area contributed by atoms with Gasteiger partial charge in [0.2, 0.25) is 0 Å². The Morgan fingerprint density at radius 3 is 2.94 bits per heavy atom. The predicted molar refractivity (Wildman–Crippen MR) is 70.6 cm³/mol. The van der Waals surface area contributed by atoms with E-state index < -0.39 is 0 Å². The average Bonchev–Trinajstić information content (AvgIpc) is 2.72. The maximum Gasteiger partial charge on any atom is 0.124 e. The molecular formula is C12H7BrN2S. The van der Waals surface area contributed by atoms with Crippen LogP contribution in [0.4, 0.5) is 0 Å². The first-order valence-electron chi connectivity index (χ1n) is 4.79. The molecule has 3 aromatic rings. The third kappa shape index (κ3) is 1.74. The number of fused-ring (bicyclic) bond motifs is 1. The standard InChI is InChI=1S/C12H7BrN2S/c13-9-3-1-2-8(6-9)12-15-10-4-5-14-7-11(10)16-12/h1-7H. The van der Waals surface area contributed by atoms with E-state index >= 15 is 0 Å². The van der Waals surface area contributed by atoms with Crippen LogP contribution in [0, 0.1) is 0 Å². The first kappa shape index (κ1) is 9.93. The minimum Gasteiger partial charge on any atom is -0.263 e. The summed E-state index contributed by atoms with van der Waals surface area (Å²) in [5.41, 5.74) is 2.14. The molecule has 0 radical (unpaired) electrons. The van der Waals surface area contributed by atoms with Crippen LogP contribution < -0.4 is 0 Å². The summed E-state index contributed by atoms with van der Waals surface area (Å²) < 4.78 is 2.19. The molecule has 0 bridgehead atoms. The topological polar surface area (TPSA) is 25.8 Å². The van der Waals surface area contributed by atoms with E-state index in [1.54, 1.807) is 17.5 Å². The van der Waals surface area contributed by atoms with Crippen molar-refractivity contribution in [3.8, 4) is 10.6 Å².